The van der Waals surface area contributed by atoms with Crippen LogP contribution in [0.1, 0.15) is 39.9 Å². The Hall–Kier alpha value is -2.04. The Morgan fingerprint density at radius 2 is 2.00 bits per heavy atom. The van der Waals surface area contributed by atoms with Gasteiger partial charge >= 0.3 is 0 Å². The zero-order valence-electron chi connectivity index (χ0n) is 15.8. The van der Waals surface area contributed by atoms with E-state index in [0.717, 1.165) is 30.6 Å². The van der Waals surface area contributed by atoms with Crippen molar-refractivity contribution in [2.24, 2.45) is 0 Å². The van der Waals surface area contributed by atoms with Crippen LogP contribution < -0.4 is 4.74 Å². The molecule has 0 bridgehead atoms. The molecule has 2 aromatic carbocycles. The highest BCUT2D eigenvalue weighted by molar-refractivity contribution is 6.31. The summed E-state index contributed by atoms with van der Waals surface area (Å²) < 4.78 is 12.0. The van der Waals surface area contributed by atoms with Crippen LogP contribution in [0.25, 0.3) is 0 Å². The number of ether oxygens (including phenoxy) is 2. The molecular formula is C22H24ClNO3. The van der Waals surface area contributed by atoms with E-state index in [4.69, 9.17) is 21.1 Å². The minimum atomic E-state index is -0.361. The van der Waals surface area contributed by atoms with Gasteiger partial charge in [-0.25, -0.2) is 0 Å². The van der Waals surface area contributed by atoms with Crippen LogP contribution in [0.4, 0.5) is 0 Å². The SMILES string of the molecule is COc1cccc2c1C1(CCN(C(=O)c3cc(Cl)ccc3C)CC1)OCC2. The van der Waals surface area contributed by atoms with Gasteiger partial charge in [0, 0.05) is 29.2 Å². The van der Waals surface area contributed by atoms with Gasteiger partial charge in [-0.2, -0.15) is 0 Å². The third-order valence-electron chi connectivity index (χ3n) is 5.83. The summed E-state index contributed by atoms with van der Waals surface area (Å²) >= 11 is 6.10. The highest BCUT2D eigenvalue weighted by Gasteiger charge is 2.43. The molecule has 0 unspecified atom stereocenters. The molecule has 1 spiro atoms. The van der Waals surface area contributed by atoms with Crippen molar-refractivity contribution >= 4 is 17.5 Å². The minimum absolute atomic E-state index is 0.0425. The standard InChI is InChI=1S/C22H24ClNO3/c1-15-6-7-17(23)14-18(15)21(25)24-11-9-22(10-12-24)20-16(8-13-27-22)4-3-5-19(20)26-2/h3-7,14H,8-13H2,1-2H3. The Morgan fingerprint density at radius 3 is 2.74 bits per heavy atom. The first kappa shape index (κ1) is 18.3. The normalized spacial score (nSPS) is 18.3. The van der Waals surface area contributed by atoms with E-state index in [0.29, 0.717) is 30.3 Å². The fraction of sp³-hybridized carbons (Fsp3) is 0.409. The Bertz CT molecular complexity index is 858. The fourth-order valence-corrected chi connectivity index (χ4v) is 4.53. The number of benzene rings is 2. The second-order valence-electron chi connectivity index (χ2n) is 7.34. The first-order valence-electron chi connectivity index (χ1n) is 9.40. The van der Waals surface area contributed by atoms with Gasteiger partial charge in [-0.05, 0) is 55.5 Å². The van der Waals surface area contributed by atoms with E-state index < -0.39 is 0 Å². The molecule has 2 heterocycles. The molecule has 2 aromatic rings. The molecule has 1 fully saturated rings. The number of rotatable bonds is 2. The number of halogens is 1. The van der Waals surface area contributed by atoms with Gasteiger partial charge in [-0.3, -0.25) is 4.79 Å². The second kappa shape index (κ2) is 7.17. The number of hydrogen-bond acceptors (Lipinski definition) is 3. The van der Waals surface area contributed by atoms with Crippen molar-refractivity contribution in [3.63, 3.8) is 0 Å². The van der Waals surface area contributed by atoms with Gasteiger partial charge in [0.1, 0.15) is 11.4 Å². The molecule has 0 atom stereocenters. The fourth-order valence-electron chi connectivity index (χ4n) is 4.36. The van der Waals surface area contributed by atoms with E-state index in [-0.39, 0.29) is 11.5 Å². The molecule has 0 aromatic heterocycles. The quantitative estimate of drug-likeness (QED) is 0.770. The molecule has 0 N–H and O–H groups in total. The molecule has 142 valence electrons. The van der Waals surface area contributed by atoms with Gasteiger partial charge in [0.25, 0.3) is 5.91 Å². The number of fused-ring (bicyclic) bond motifs is 2. The first-order chi connectivity index (χ1) is 13.0. The summed E-state index contributed by atoms with van der Waals surface area (Å²) in [7, 11) is 1.71. The number of carbonyl (C=O) groups is 1. The number of methoxy groups -OCH3 is 1. The van der Waals surface area contributed by atoms with Gasteiger partial charge in [-0.1, -0.05) is 29.8 Å². The Kier molecular flexibility index (Phi) is 4.87. The molecule has 4 rings (SSSR count). The van der Waals surface area contributed by atoms with E-state index >= 15 is 0 Å². The maximum Gasteiger partial charge on any atom is 0.254 e. The summed E-state index contributed by atoms with van der Waals surface area (Å²) in [5, 5.41) is 0.590. The molecule has 0 saturated carbocycles. The molecule has 2 aliphatic rings. The highest BCUT2D eigenvalue weighted by Crippen LogP contribution is 2.46. The summed E-state index contributed by atoms with van der Waals surface area (Å²) in [6, 6.07) is 11.7. The summed E-state index contributed by atoms with van der Waals surface area (Å²) in [6.07, 6.45) is 2.44. The Balaban J connectivity index is 1.58. The number of piperidine rings is 1. The monoisotopic (exact) mass is 385 g/mol. The van der Waals surface area contributed by atoms with Crippen molar-refractivity contribution in [2.75, 3.05) is 26.8 Å². The number of hydrogen-bond donors (Lipinski definition) is 0. The van der Waals surface area contributed by atoms with Crippen molar-refractivity contribution in [2.45, 2.75) is 31.8 Å². The molecule has 27 heavy (non-hydrogen) atoms. The summed E-state index contributed by atoms with van der Waals surface area (Å²) in [5.41, 5.74) is 3.74. The van der Waals surface area contributed by atoms with E-state index in [2.05, 4.69) is 6.07 Å². The van der Waals surface area contributed by atoms with E-state index in [1.807, 2.05) is 36.1 Å². The maximum absolute atomic E-state index is 13.0. The van der Waals surface area contributed by atoms with Crippen LogP contribution >= 0.6 is 11.6 Å². The van der Waals surface area contributed by atoms with Crippen molar-refractivity contribution in [3.8, 4) is 5.75 Å². The summed E-state index contributed by atoms with van der Waals surface area (Å²) in [6.45, 7) is 3.96. The number of carbonyl (C=O) groups excluding carboxylic acids is 1. The highest BCUT2D eigenvalue weighted by atomic mass is 35.5. The van der Waals surface area contributed by atoms with Gasteiger partial charge in [0.15, 0.2) is 0 Å². The first-order valence-corrected chi connectivity index (χ1v) is 9.78. The molecule has 1 saturated heterocycles. The minimum Gasteiger partial charge on any atom is -0.496 e. The summed E-state index contributed by atoms with van der Waals surface area (Å²) in [5.74, 6) is 0.929. The van der Waals surface area contributed by atoms with Gasteiger partial charge in [0.2, 0.25) is 0 Å². The van der Waals surface area contributed by atoms with Crippen LogP contribution in [-0.4, -0.2) is 37.6 Å². The Labute approximate surface area is 165 Å². The summed E-state index contributed by atoms with van der Waals surface area (Å²) in [4.78, 5) is 14.9. The van der Waals surface area contributed by atoms with E-state index in [1.165, 1.54) is 11.1 Å². The number of nitrogens with zero attached hydrogens (tertiary/aromatic N) is 1. The van der Waals surface area contributed by atoms with Crippen LogP contribution in [-0.2, 0) is 16.8 Å². The van der Waals surface area contributed by atoms with Crippen LogP contribution in [0.3, 0.4) is 0 Å². The average molecular weight is 386 g/mol. The molecule has 0 aliphatic carbocycles. The van der Waals surface area contributed by atoms with E-state index in [9.17, 15) is 4.79 Å². The smallest absolute Gasteiger partial charge is 0.254 e. The number of aryl methyl sites for hydroxylation is 1. The van der Waals surface area contributed by atoms with Crippen molar-refractivity contribution in [3.05, 3.63) is 63.7 Å². The lowest BCUT2D eigenvalue weighted by Gasteiger charge is -2.45. The van der Waals surface area contributed by atoms with Crippen molar-refractivity contribution < 1.29 is 14.3 Å². The van der Waals surface area contributed by atoms with Gasteiger partial charge in [-0.15, -0.1) is 0 Å². The topological polar surface area (TPSA) is 38.8 Å². The third-order valence-corrected chi connectivity index (χ3v) is 6.06. The van der Waals surface area contributed by atoms with Gasteiger partial charge < -0.3 is 14.4 Å². The lowest BCUT2D eigenvalue weighted by molar-refractivity contribution is -0.0946. The molecule has 0 radical (unpaired) electrons. The third kappa shape index (κ3) is 3.21. The number of likely N-dealkylation sites (tertiary alicyclic amines) is 1. The number of amides is 1. The van der Waals surface area contributed by atoms with Gasteiger partial charge in [0.05, 0.1) is 13.7 Å². The molecule has 2 aliphatic heterocycles. The van der Waals surface area contributed by atoms with Crippen LogP contribution in [0, 0.1) is 6.92 Å². The van der Waals surface area contributed by atoms with E-state index in [1.54, 1.807) is 13.2 Å². The van der Waals surface area contributed by atoms with Crippen molar-refractivity contribution in [1.29, 1.82) is 0 Å². The molecule has 1 amide bonds. The molecular weight excluding hydrogens is 362 g/mol. The zero-order valence-corrected chi connectivity index (χ0v) is 16.5. The predicted molar refractivity (Wildman–Crippen MR) is 106 cm³/mol. The lowest BCUT2D eigenvalue weighted by Crippen LogP contribution is -2.48. The van der Waals surface area contributed by atoms with Crippen molar-refractivity contribution in [1.82, 2.24) is 4.90 Å². The largest absolute Gasteiger partial charge is 0.496 e. The molecule has 4 nitrogen and oxygen atoms in total. The second-order valence-corrected chi connectivity index (χ2v) is 7.78. The zero-order chi connectivity index (χ0) is 19.0. The average Bonchev–Trinajstić information content (AvgIpc) is 2.70. The maximum atomic E-state index is 13.0. The van der Waals surface area contributed by atoms with Crippen LogP contribution in [0.15, 0.2) is 36.4 Å². The predicted octanol–water partition coefficient (Wildman–Crippen LogP) is 4.36. The molecule has 5 heteroatoms. The van der Waals surface area contributed by atoms with Crippen LogP contribution in [0.2, 0.25) is 5.02 Å². The van der Waals surface area contributed by atoms with Crippen LogP contribution in [0.5, 0.6) is 5.75 Å². The lowest BCUT2D eigenvalue weighted by atomic mass is 9.78. The Morgan fingerprint density at radius 1 is 1.22 bits per heavy atom.